The Morgan fingerprint density at radius 1 is 0.262 bits per heavy atom. The highest BCUT2D eigenvalue weighted by Crippen LogP contribution is 2.13. The first-order valence-electron chi connectivity index (χ1n) is 40.5. The van der Waals surface area contributed by atoms with Crippen LogP contribution in [0.4, 0.5) is 0 Å². The lowest BCUT2D eigenvalue weighted by molar-refractivity contribution is -0.136. The number of hydrogen-bond donors (Lipinski definition) is 42. The number of nitrogens with two attached hydrogens (primary N) is 10. The summed E-state index contributed by atoms with van der Waals surface area (Å²) in [5.41, 5.74) is 55.4. The summed E-state index contributed by atoms with van der Waals surface area (Å²) in [6.45, 7) is 1.81. The standard InChI is InChI=1S/C69H135N41O14S2/c1-4-47(111)101-46(34-126-3)60(124)99-35(2)50(114)98-32-48(112)100-36(14-5-23-89-61(71)72)51(115)102-37(15-6-24-90-62(73)74)52(116)103-38(16-7-25-91-63(75)76)53(117)104-39(17-8-26-92-64(77)78)54(118)105-40(18-9-27-93-65(79)80)55(119)106-41(19-10-28-94-66(81)82)56(120)107-42(20-11-29-95-67(83)84)57(121)108-43(21-12-30-96-68(85)86)58(122)109-44(22-13-31-97-69(87)88)59(123)110-45(33-125)49(70)113/h35-46,125H,4-34H2,1-3H3,(H2,70,113)(H,98,114)(H,99,124)(H,100,112)(H,101,111)(H,102,115)(H,103,116)(H,104,117)(H,105,118)(H,106,119)(H,107,120)(H,108,121)(H,109,122)(H,110,123)(H4,71,72,89)(H4,73,74,90)(H4,75,76,91)(H4,77,78,92)(H4,79,80,93)(H4,81,82,94)(H4,83,84,95)(H4,85,86,96)(H4,87,88,97)/t35-,36+,37+,38+,39+,40+,41+,42+,43+,44+,45+,46-/m0/s1. The Labute approximate surface area is 739 Å². The first-order chi connectivity index (χ1) is 59.4. The van der Waals surface area contributed by atoms with Crippen LogP contribution in [0.25, 0.3) is 0 Å². The zero-order valence-corrected chi connectivity index (χ0v) is 72.9. The highest BCUT2D eigenvalue weighted by atomic mass is 32.2. The second-order valence-electron chi connectivity index (χ2n) is 28.5. The number of carbonyl (C=O) groups is 14. The molecule has 0 bridgehead atoms. The van der Waals surface area contributed by atoms with E-state index in [0.29, 0.717) is 0 Å². The number of rotatable bonds is 66. The fourth-order valence-electron chi connectivity index (χ4n) is 11.4. The Balaban J connectivity index is 8.07. The molecule has 57 heteroatoms. The van der Waals surface area contributed by atoms with Gasteiger partial charge in [0, 0.05) is 76.8 Å². The summed E-state index contributed by atoms with van der Waals surface area (Å²) >= 11 is 5.35. The molecule has 12 atom stereocenters. The highest BCUT2D eigenvalue weighted by Gasteiger charge is 2.37. The molecule has 0 spiro atoms. The molecular weight excluding hydrogens is 1690 g/mol. The molecule has 51 N–H and O–H groups in total. The lowest BCUT2D eigenvalue weighted by Crippen LogP contribution is -2.61. The highest BCUT2D eigenvalue weighted by molar-refractivity contribution is 7.98. The lowest BCUT2D eigenvalue weighted by Gasteiger charge is -2.29. The second kappa shape index (κ2) is 64.5. The van der Waals surface area contributed by atoms with Gasteiger partial charge < -0.3 is 174 Å². The van der Waals surface area contributed by atoms with Gasteiger partial charge in [0.1, 0.15) is 72.5 Å². The monoisotopic (exact) mass is 1830 g/mol. The Morgan fingerprint density at radius 2 is 0.444 bits per heavy atom. The van der Waals surface area contributed by atoms with Gasteiger partial charge in [-0.2, -0.15) is 24.4 Å². The molecule has 55 nitrogen and oxygen atoms in total. The van der Waals surface area contributed by atoms with Crippen molar-refractivity contribution in [2.24, 2.45) is 57.3 Å². The minimum Gasteiger partial charge on any atom is -0.370 e. The SMILES string of the molecule is CCC(=O)N[C@@H](CSC)C(=O)N[C@@H](C)C(=O)NCC(=O)N[C@H](CCCNC(=N)N)C(=O)N[C@H](CCCNC(=N)N)C(=O)N[C@H](CCCNC(=N)N)C(=O)N[C@H](CCCNC(=N)N)C(=O)N[C@H](CCCNC(=N)N)C(=O)N[C@H](CCCNC(=N)N)C(=O)N[C@H](CCCNC(=N)N)C(=O)N[C@H](CCCNC(=N)N)C(=O)N[C@H](CCCNC(=N)N)C(=O)N[C@H](CS)C(N)=O. The normalized spacial score (nSPS) is 13.5. The number of thiol groups is 1. The lowest BCUT2D eigenvalue weighted by atomic mass is 10.0. The zero-order chi connectivity index (χ0) is 95.4. The van der Waals surface area contributed by atoms with Gasteiger partial charge in [-0.15, -0.1) is 0 Å². The molecule has 0 unspecified atom stereocenters. The summed E-state index contributed by atoms with van der Waals surface area (Å²) < 4.78 is 0. The van der Waals surface area contributed by atoms with E-state index in [4.69, 9.17) is 106 Å². The minimum absolute atomic E-state index is 0.00199. The summed E-state index contributed by atoms with van der Waals surface area (Å²) in [5.74, 6) is -17.1. The van der Waals surface area contributed by atoms with Crippen molar-refractivity contribution in [3.63, 3.8) is 0 Å². The minimum atomic E-state index is -1.67. The smallest absolute Gasteiger partial charge is 0.244 e. The number of guanidine groups is 9. The van der Waals surface area contributed by atoms with Gasteiger partial charge in [-0.25, -0.2) is 0 Å². The Kier molecular flexibility index (Phi) is 57.7. The summed E-state index contributed by atoms with van der Waals surface area (Å²) in [6, 6.07) is -17.8. The Bertz CT molecular complexity index is 3660. The third-order valence-electron chi connectivity index (χ3n) is 17.9. The Morgan fingerprint density at radius 3 is 0.619 bits per heavy atom. The van der Waals surface area contributed by atoms with E-state index in [1.807, 2.05) is 0 Å². The van der Waals surface area contributed by atoms with Gasteiger partial charge in [0.25, 0.3) is 0 Å². The molecule has 0 radical (unpaired) electrons. The molecule has 0 aliphatic carbocycles. The average Bonchev–Trinajstić information content (AvgIpc) is 0.858. The summed E-state index contributed by atoms with van der Waals surface area (Å²) in [4.78, 5) is 197. The van der Waals surface area contributed by atoms with Crippen LogP contribution in [-0.4, -0.2) is 292 Å². The maximum Gasteiger partial charge on any atom is 0.244 e. The molecule has 0 aromatic heterocycles. The van der Waals surface area contributed by atoms with E-state index in [9.17, 15) is 52.7 Å². The van der Waals surface area contributed by atoms with Crippen molar-refractivity contribution in [2.75, 3.05) is 83.2 Å². The van der Waals surface area contributed by atoms with Gasteiger partial charge in [-0.3, -0.25) is 116 Å². The summed E-state index contributed by atoms with van der Waals surface area (Å²) in [7, 11) is 0. The zero-order valence-electron chi connectivity index (χ0n) is 71.2. The van der Waals surface area contributed by atoms with Gasteiger partial charge >= 0.3 is 0 Å². The molecule has 0 heterocycles. The van der Waals surface area contributed by atoms with E-state index < -0.39 is 215 Å². The van der Waals surface area contributed by atoms with Crippen LogP contribution in [0.1, 0.15) is 136 Å². The van der Waals surface area contributed by atoms with Gasteiger partial charge in [-0.1, -0.05) is 6.92 Å². The van der Waals surface area contributed by atoms with Gasteiger partial charge in [0.15, 0.2) is 53.6 Å². The van der Waals surface area contributed by atoms with Crippen molar-refractivity contribution in [1.82, 2.24) is 117 Å². The predicted molar refractivity (Wildman–Crippen MR) is 476 cm³/mol. The van der Waals surface area contributed by atoms with Gasteiger partial charge in [0.05, 0.1) is 6.54 Å². The summed E-state index contributed by atoms with van der Waals surface area (Å²) in [5, 5.41) is 126. The first-order valence-corrected chi connectivity index (χ1v) is 42.5. The van der Waals surface area contributed by atoms with Crippen LogP contribution in [0.3, 0.4) is 0 Å². The van der Waals surface area contributed by atoms with Crippen molar-refractivity contribution >= 4 is 161 Å². The van der Waals surface area contributed by atoms with Crippen LogP contribution in [0.15, 0.2) is 0 Å². The van der Waals surface area contributed by atoms with Crippen molar-refractivity contribution < 1.29 is 67.1 Å². The Hall–Kier alpha value is -13.3. The third kappa shape index (κ3) is 53.6. The van der Waals surface area contributed by atoms with Crippen LogP contribution in [0.2, 0.25) is 0 Å². The number of primary amides is 1. The molecular formula is C69H135N41O14S2. The van der Waals surface area contributed by atoms with Crippen LogP contribution in [0, 0.1) is 48.7 Å². The van der Waals surface area contributed by atoms with Crippen molar-refractivity contribution in [3.05, 3.63) is 0 Å². The molecule has 14 amide bonds. The fraction of sp³-hybridized carbons (Fsp3) is 0.667. The average molecular weight is 1830 g/mol. The molecule has 0 fully saturated rings. The van der Waals surface area contributed by atoms with Crippen LogP contribution < -0.4 is 174 Å². The van der Waals surface area contributed by atoms with Crippen molar-refractivity contribution in [2.45, 2.75) is 208 Å². The fourth-order valence-corrected chi connectivity index (χ4v) is 12.3. The molecule has 712 valence electrons. The molecule has 126 heavy (non-hydrogen) atoms. The van der Waals surface area contributed by atoms with E-state index >= 15 is 14.4 Å². The van der Waals surface area contributed by atoms with E-state index in [2.05, 4.69) is 130 Å². The van der Waals surface area contributed by atoms with Crippen LogP contribution in [0.5, 0.6) is 0 Å². The van der Waals surface area contributed by atoms with E-state index in [-0.39, 0.29) is 192 Å². The first kappa shape index (κ1) is 113. The van der Waals surface area contributed by atoms with Crippen molar-refractivity contribution in [1.29, 1.82) is 48.7 Å². The van der Waals surface area contributed by atoms with Gasteiger partial charge in [0.2, 0.25) is 82.7 Å². The van der Waals surface area contributed by atoms with Gasteiger partial charge in [-0.05, 0) is 129 Å². The van der Waals surface area contributed by atoms with E-state index in [0.717, 1.165) is 0 Å². The molecule has 0 aromatic carbocycles. The van der Waals surface area contributed by atoms with Crippen LogP contribution >= 0.6 is 24.4 Å². The quantitative estimate of drug-likeness (QED) is 0.0116. The van der Waals surface area contributed by atoms with Crippen molar-refractivity contribution in [3.8, 4) is 0 Å². The molecule has 0 rings (SSSR count). The third-order valence-corrected chi connectivity index (χ3v) is 18.9. The maximum absolute atomic E-state index is 15.1. The molecule has 0 aliphatic heterocycles. The van der Waals surface area contributed by atoms with E-state index in [1.54, 1.807) is 13.2 Å². The van der Waals surface area contributed by atoms with E-state index in [1.165, 1.54) is 18.7 Å². The number of nitrogens with one attached hydrogen (secondary N) is 31. The topological polar surface area (TPSA) is 978 Å². The number of thioether (sulfide) groups is 1. The number of amides is 14. The number of hydrogen-bond acceptors (Lipinski definition) is 25. The molecule has 0 aromatic rings. The molecule has 0 aliphatic rings. The number of carbonyl (C=O) groups excluding carboxylic acids is 14. The maximum atomic E-state index is 15.1. The predicted octanol–water partition coefficient (Wildman–Crippen LogP) is -13.5. The largest absolute Gasteiger partial charge is 0.370 e. The second-order valence-corrected chi connectivity index (χ2v) is 29.8. The summed E-state index contributed by atoms with van der Waals surface area (Å²) in [6.07, 6.45) is -0.427. The molecule has 0 saturated carbocycles. The van der Waals surface area contributed by atoms with Crippen LogP contribution in [-0.2, 0) is 67.1 Å². The molecule has 0 saturated heterocycles.